The maximum absolute atomic E-state index is 11.4. The third-order valence-corrected chi connectivity index (χ3v) is 4.87. The molecule has 3 heteroatoms. The molecule has 0 amide bonds. The first-order valence-electron chi connectivity index (χ1n) is 5.59. The smallest absolute Gasteiger partial charge is 0.309 e. The SMILES string of the molecule is C[Si](C)(C)CC1(C(=O)O)CCCCC1. The average molecular weight is 214 g/mol. The van der Waals surface area contributed by atoms with Crippen molar-refractivity contribution in [2.24, 2.45) is 5.41 Å². The van der Waals surface area contributed by atoms with Gasteiger partial charge in [0, 0.05) is 8.07 Å². The molecule has 0 saturated heterocycles. The molecule has 1 aliphatic rings. The number of aliphatic carboxylic acids is 1. The molecule has 0 aliphatic heterocycles. The Morgan fingerprint density at radius 2 is 1.71 bits per heavy atom. The molecule has 14 heavy (non-hydrogen) atoms. The maximum Gasteiger partial charge on any atom is 0.309 e. The summed E-state index contributed by atoms with van der Waals surface area (Å²) >= 11 is 0. The minimum atomic E-state index is -1.26. The van der Waals surface area contributed by atoms with Crippen LogP contribution in [0.15, 0.2) is 0 Å². The van der Waals surface area contributed by atoms with Crippen molar-refractivity contribution >= 4 is 14.0 Å². The van der Waals surface area contributed by atoms with Crippen molar-refractivity contribution in [1.29, 1.82) is 0 Å². The molecule has 82 valence electrons. The molecule has 0 atom stereocenters. The van der Waals surface area contributed by atoms with Gasteiger partial charge in [-0.05, 0) is 18.9 Å². The van der Waals surface area contributed by atoms with Gasteiger partial charge < -0.3 is 5.11 Å². The molecule has 1 saturated carbocycles. The number of hydrogen-bond donors (Lipinski definition) is 1. The van der Waals surface area contributed by atoms with Gasteiger partial charge in [-0.25, -0.2) is 0 Å². The predicted octanol–water partition coefficient (Wildman–Crippen LogP) is 3.36. The van der Waals surface area contributed by atoms with Gasteiger partial charge in [0.25, 0.3) is 0 Å². The highest BCUT2D eigenvalue weighted by molar-refractivity contribution is 6.76. The topological polar surface area (TPSA) is 37.3 Å². The molecule has 1 N–H and O–H groups in total. The van der Waals surface area contributed by atoms with E-state index in [9.17, 15) is 9.90 Å². The first-order valence-corrected chi connectivity index (χ1v) is 9.30. The Kier molecular flexibility index (Phi) is 3.40. The van der Waals surface area contributed by atoms with Gasteiger partial charge in [0.1, 0.15) is 0 Å². The Hall–Kier alpha value is -0.313. The molecular formula is C11H22O2Si. The summed E-state index contributed by atoms with van der Waals surface area (Å²) in [6, 6.07) is 0.954. The zero-order valence-corrected chi connectivity index (χ0v) is 10.6. The lowest BCUT2D eigenvalue weighted by Gasteiger charge is -2.37. The van der Waals surface area contributed by atoms with E-state index in [1.165, 1.54) is 6.42 Å². The van der Waals surface area contributed by atoms with Crippen LogP contribution in [0.25, 0.3) is 0 Å². The summed E-state index contributed by atoms with van der Waals surface area (Å²) in [6.45, 7) is 6.81. The van der Waals surface area contributed by atoms with Gasteiger partial charge in [-0.2, -0.15) is 0 Å². The summed E-state index contributed by atoms with van der Waals surface area (Å²) in [5, 5.41) is 9.37. The number of carboxylic acids is 1. The van der Waals surface area contributed by atoms with E-state index in [1.54, 1.807) is 0 Å². The van der Waals surface area contributed by atoms with Gasteiger partial charge >= 0.3 is 5.97 Å². The van der Waals surface area contributed by atoms with Crippen molar-refractivity contribution in [3.05, 3.63) is 0 Å². The van der Waals surface area contributed by atoms with E-state index in [2.05, 4.69) is 19.6 Å². The molecule has 0 aromatic rings. The van der Waals surface area contributed by atoms with Crippen LogP contribution in [0.5, 0.6) is 0 Å². The lowest BCUT2D eigenvalue weighted by molar-refractivity contribution is -0.149. The second kappa shape index (κ2) is 4.05. The molecule has 0 heterocycles. The predicted molar refractivity (Wildman–Crippen MR) is 61.3 cm³/mol. The van der Waals surface area contributed by atoms with Gasteiger partial charge in [-0.3, -0.25) is 4.79 Å². The Bertz CT molecular complexity index is 212. The zero-order chi connectivity index (χ0) is 10.8. The van der Waals surface area contributed by atoms with Crippen molar-refractivity contribution in [2.75, 3.05) is 0 Å². The van der Waals surface area contributed by atoms with Crippen LogP contribution < -0.4 is 0 Å². The zero-order valence-electron chi connectivity index (χ0n) is 9.60. The Labute approximate surface area is 87.7 Å². The monoisotopic (exact) mass is 214 g/mol. The van der Waals surface area contributed by atoms with Crippen LogP contribution in [0.2, 0.25) is 25.7 Å². The maximum atomic E-state index is 11.4. The van der Waals surface area contributed by atoms with Crippen LogP contribution in [-0.4, -0.2) is 19.1 Å². The van der Waals surface area contributed by atoms with Crippen LogP contribution in [0.4, 0.5) is 0 Å². The second-order valence-corrected chi connectivity index (χ2v) is 11.4. The first kappa shape index (κ1) is 11.8. The summed E-state index contributed by atoms with van der Waals surface area (Å²) in [5.74, 6) is -0.542. The van der Waals surface area contributed by atoms with E-state index < -0.39 is 14.0 Å². The van der Waals surface area contributed by atoms with Crippen LogP contribution in [-0.2, 0) is 4.79 Å². The van der Waals surface area contributed by atoms with Crippen molar-refractivity contribution in [3.8, 4) is 0 Å². The molecule has 0 aromatic carbocycles. The lowest BCUT2D eigenvalue weighted by atomic mass is 9.75. The number of rotatable bonds is 3. The van der Waals surface area contributed by atoms with E-state index in [0.717, 1.165) is 31.7 Å². The normalized spacial score (nSPS) is 21.9. The number of carboxylic acid groups (broad SMARTS) is 1. The highest BCUT2D eigenvalue weighted by atomic mass is 28.3. The van der Waals surface area contributed by atoms with Crippen LogP contribution >= 0.6 is 0 Å². The van der Waals surface area contributed by atoms with Crippen molar-refractivity contribution in [2.45, 2.75) is 57.8 Å². The van der Waals surface area contributed by atoms with Gasteiger partial charge in [0.15, 0.2) is 0 Å². The van der Waals surface area contributed by atoms with E-state index in [0.29, 0.717) is 0 Å². The number of hydrogen-bond acceptors (Lipinski definition) is 1. The summed E-state index contributed by atoms with van der Waals surface area (Å²) in [4.78, 5) is 11.4. The quantitative estimate of drug-likeness (QED) is 0.731. The third kappa shape index (κ3) is 2.84. The minimum Gasteiger partial charge on any atom is -0.481 e. The molecule has 0 spiro atoms. The molecule has 1 rings (SSSR count). The molecule has 1 fully saturated rings. The van der Waals surface area contributed by atoms with Crippen molar-refractivity contribution in [1.82, 2.24) is 0 Å². The van der Waals surface area contributed by atoms with E-state index >= 15 is 0 Å². The fourth-order valence-corrected chi connectivity index (χ4v) is 5.25. The summed E-state index contributed by atoms with van der Waals surface area (Å²) in [6.07, 6.45) is 5.26. The summed E-state index contributed by atoms with van der Waals surface area (Å²) < 4.78 is 0. The Morgan fingerprint density at radius 3 is 2.07 bits per heavy atom. The third-order valence-electron chi connectivity index (χ3n) is 3.13. The van der Waals surface area contributed by atoms with Crippen LogP contribution in [0.3, 0.4) is 0 Å². The van der Waals surface area contributed by atoms with E-state index in [4.69, 9.17) is 0 Å². The molecule has 0 bridgehead atoms. The van der Waals surface area contributed by atoms with E-state index in [-0.39, 0.29) is 5.41 Å². The largest absolute Gasteiger partial charge is 0.481 e. The number of carbonyl (C=O) groups is 1. The average Bonchev–Trinajstić information content (AvgIpc) is 2.02. The fourth-order valence-electron chi connectivity index (χ4n) is 2.71. The molecular weight excluding hydrogens is 192 g/mol. The van der Waals surface area contributed by atoms with Gasteiger partial charge in [0.05, 0.1) is 5.41 Å². The van der Waals surface area contributed by atoms with Gasteiger partial charge in [-0.1, -0.05) is 38.9 Å². The molecule has 0 aromatic heterocycles. The molecule has 1 aliphatic carbocycles. The van der Waals surface area contributed by atoms with E-state index in [1.807, 2.05) is 0 Å². The fraction of sp³-hybridized carbons (Fsp3) is 0.909. The molecule has 0 radical (unpaired) electrons. The van der Waals surface area contributed by atoms with Gasteiger partial charge in [0.2, 0.25) is 0 Å². The molecule has 2 nitrogen and oxygen atoms in total. The van der Waals surface area contributed by atoms with Crippen molar-refractivity contribution in [3.63, 3.8) is 0 Å². The minimum absolute atomic E-state index is 0.358. The molecule has 0 unspecified atom stereocenters. The first-order chi connectivity index (χ1) is 6.36. The van der Waals surface area contributed by atoms with Crippen molar-refractivity contribution < 1.29 is 9.90 Å². The van der Waals surface area contributed by atoms with Crippen LogP contribution in [0, 0.1) is 5.41 Å². The van der Waals surface area contributed by atoms with Gasteiger partial charge in [-0.15, -0.1) is 0 Å². The Balaban J connectivity index is 2.76. The second-order valence-electron chi connectivity index (χ2n) is 5.88. The summed E-state index contributed by atoms with van der Waals surface area (Å²) in [5.41, 5.74) is -0.358. The highest BCUT2D eigenvalue weighted by Gasteiger charge is 2.42. The highest BCUT2D eigenvalue weighted by Crippen LogP contribution is 2.43. The standard InChI is InChI=1S/C11H22O2Si/c1-14(2,3)9-11(10(12)13)7-5-4-6-8-11/h4-9H2,1-3H3,(H,12,13). The Morgan fingerprint density at radius 1 is 1.21 bits per heavy atom. The van der Waals surface area contributed by atoms with Crippen LogP contribution in [0.1, 0.15) is 32.1 Å². The summed E-state index contributed by atoms with van der Waals surface area (Å²) in [7, 11) is -1.26. The lowest BCUT2D eigenvalue weighted by Crippen LogP contribution is -2.40.